The van der Waals surface area contributed by atoms with E-state index in [0.717, 1.165) is 0 Å². The Hall–Kier alpha value is -1.06. The van der Waals surface area contributed by atoms with E-state index in [-0.39, 0.29) is 5.82 Å². The van der Waals surface area contributed by atoms with Crippen LogP contribution in [0.2, 0.25) is 0 Å². The van der Waals surface area contributed by atoms with Gasteiger partial charge < -0.3 is 0 Å². The number of rotatable bonds is 1. The molecule has 0 aliphatic heterocycles. The molecule has 1 heterocycles. The molecule has 0 unspecified atom stereocenters. The van der Waals surface area contributed by atoms with Crippen molar-refractivity contribution in [3.8, 4) is 0 Å². The van der Waals surface area contributed by atoms with Crippen molar-refractivity contribution in [1.82, 2.24) is 15.0 Å². The summed E-state index contributed by atoms with van der Waals surface area (Å²) in [6, 6.07) is 0. The largest absolute Gasteiger partial charge is 0.239 e. The molecule has 0 fully saturated rings. The molecule has 0 bridgehead atoms. The average Bonchev–Trinajstić information content (AvgIpc) is 1.90. The summed E-state index contributed by atoms with van der Waals surface area (Å²) in [5, 5.41) is 0. The third kappa shape index (κ3) is 1.42. The minimum atomic E-state index is -1.10. The summed E-state index contributed by atoms with van der Waals surface area (Å²) in [5.74, 6) is 0.185. The molecule has 1 rings (SSSR count). The fraction of sp³-hybridized carbons (Fsp3) is 0.400. The van der Waals surface area contributed by atoms with Gasteiger partial charge in [0, 0.05) is 0 Å². The fourth-order valence-corrected chi connectivity index (χ4v) is 0.454. The Kier molecular flexibility index (Phi) is 1.67. The Balaban J connectivity index is 2.85. The normalized spacial score (nSPS) is 13.1. The second kappa shape index (κ2) is 2.48. The van der Waals surface area contributed by atoms with Crippen LogP contribution < -0.4 is 0 Å². The first-order valence-electron chi connectivity index (χ1n) is 2.56. The molecule has 0 saturated carbocycles. The SMILES string of the molecule is C[C@H](F)c1ncncn1. The first-order chi connectivity index (χ1) is 4.30. The van der Waals surface area contributed by atoms with Gasteiger partial charge in [0.15, 0.2) is 12.0 Å². The molecule has 3 nitrogen and oxygen atoms in total. The van der Waals surface area contributed by atoms with Crippen LogP contribution in [0.1, 0.15) is 18.9 Å². The van der Waals surface area contributed by atoms with Gasteiger partial charge in [-0.2, -0.15) is 0 Å². The molecule has 0 saturated heterocycles. The summed E-state index contributed by atoms with van der Waals surface area (Å²) in [4.78, 5) is 10.7. The highest BCUT2D eigenvalue weighted by Gasteiger charge is 2.02. The van der Waals surface area contributed by atoms with Crippen molar-refractivity contribution in [2.24, 2.45) is 0 Å². The highest BCUT2D eigenvalue weighted by molar-refractivity contribution is 4.84. The summed E-state index contributed by atoms with van der Waals surface area (Å²) in [7, 11) is 0. The van der Waals surface area contributed by atoms with Crippen molar-refractivity contribution in [2.45, 2.75) is 13.1 Å². The molecule has 0 spiro atoms. The molecule has 0 aliphatic carbocycles. The Morgan fingerprint density at radius 1 is 1.44 bits per heavy atom. The zero-order chi connectivity index (χ0) is 6.69. The lowest BCUT2D eigenvalue weighted by molar-refractivity contribution is 0.355. The van der Waals surface area contributed by atoms with Crippen molar-refractivity contribution < 1.29 is 4.39 Å². The highest BCUT2D eigenvalue weighted by Crippen LogP contribution is 2.07. The average molecular weight is 127 g/mol. The predicted octanol–water partition coefficient (Wildman–Crippen LogP) is 0.902. The molecular formula is C5H6FN3. The molecule has 0 amide bonds. The standard InChI is InChI=1S/C5H6FN3/c1-4(6)5-8-2-7-3-9-5/h2-4H,1H3/t4-/m0/s1. The molecule has 0 aromatic carbocycles. The number of aromatic nitrogens is 3. The van der Waals surface area contributed by atoms with E-state index in [4.69, 9.17) is 0 Å². The molecule has 48 valence electrons. The number of halogens is 1. The summed E-state index contributed by atoms with van der Waals surface area (Å²) in [5.41, 5.74) is 0. The zero-order valence-electron chi connectivity index (χ0n) is 4.95. The third-order valence-electron chi connectivity index (χ3n) is 0.869. The smallest absolute Gasteiger partial charge is 0.165 e. The van der Waals surface area contributed by atoms with Crippen LogP contribution in [0, 0.1) is 0 Å². The van der Waals surface area contributed by atoms with Crippen LogP contribution in [-0.4, -0.2) is 15.0 Å². The molecule has 4 heteroatoms. The number of hydrogen-bond donors (Lipinski definition) is 0. The molecule has 9 heavy (non-hydrogen) atoms. The van der Waals surface area contributed by atoms with Gasteiger partial charge in [0.25, 0.3) is 0 Å². The number of hydrogen-bond acceptors (Lipinski definition) is 3. The predicted molar refractivity (Wildman–Crippen MR) is 29.3 cm³/mol. The molecule has 0 radical (unpaired) electrons. The molecule has 1 aromatic heterocycles. The van der Waals surface area contributed by atoms with Crippen LogP contribution in [-0.2, 0) is 0 Å². The molecule has 0 aliphatic rings. The van der Waals surface area contributed by atoms with Crippen molar-refractivity contribution in [3.05, 3.63) is 18.5 Å². The van der Waals surface area contributed by atoms with E-state index in [9.17, 15) is 4.39 Å². The van der Waals surface area contributed by atoms with Gasteiger partial charge in [-0.25, -0.2) is 19.3 Å². The van der Waals surface area contributed by atoms with E-state index in [1.807, 2.05) is 0 Å². The quantitative estimate of drug-likeness (QED) is 0.562. The molecular weight excluding hydrogens is 121 g/mol. The first kappa shape index (κ1) is 6.07. The minimum Gasteiger partial charge on any atom is -0.239 e. The summed E-state index contributed by atoms with van der Waals surface area (Å²) in [6.45, 7) is 1.38. The van der Waals surface area contributed by atoms with E-state index in [0.29, 0.717) is 0 Å². The van der Waals surface area contributed by atoms with Crippen LogP contribution in [0.15, 0.2) is 12.7 Å². The topological polar surface area (TPSA) is 38.7 Å². The van der Waals surface area contributed by atoms with E-state index < -0.39 is 6.17 Å². The third-order valence-corrected chi connectivity index (χ3v) is 0.869. The van der Waals surface area contributed by atoms with Crippen LogP contribution in [0.25, 0.3) is 0 Å². The lowest BCUT2D eigenvalue weighted by atomic mass is 10.4. The Bertz CT molecular complexity index is 175. The second-order valence-electron chi connectivity index (χ2n) is 1.61. The maximum absolute atomic E-state index is 12.3. The number of nitrogens with zero attached hydrogens (tertiary/aromatic N) is 3. The van der Waals surface area contributed by atoms with E-state index >= 15 is 0 Å². The number of alkyl halides is 1. The summed E-state index contributed by atoms with van der Waals surface area (Å²) < 4.78 is 12.3. The van der Waals surface area contributed by atoms with Crippen molar-refractivity contribution >= 4 is 0 Å². The lowest BCUT2D eigenvalue weighted by Gasteiger charge is -1.94. The molecule has 1 aromatic rings. The van der Waals surface area contributed by atoms with Crippen LogP contribution in [0.5, 0.6) is 0 Å². The van der Waals surface area contributed by atoms with Gasteiger partial charge in [-0.3, -0.25) is 0 Å². The van der Waals surface area contributed by atoms with Gasteiger partial charge in [-0.15, -0.1) is 0 Å². The minimum absolute atomic E-state index is 0.185. The van der Waals surface area contributed by atoms with Gasteiger partial charge >= 0.3 is 0 Å². The Morgan fingerprint density at radius 3 is 2.33 bits per heavy atom. The van der Waals surface area contributed by atoms with E-state index in [1.165, 1.54) is 19.6 Å². The summed E-state index contributed by atoms with van der Waals surface area (Å²) >= 11 is 0. The van der Waals surface area contributed by atoms with Crippen molar-refractivity contribution in [3.63, 3.8) is 0 Å². The van der Waals surface area contributed by atoms with Crippen LogP contribution in [0.3, 0.4) is 0 Å². The maximum atomic E-state index is 12.3. The Morgan fingerprint density at radius 2 is 2.00 bits per heavy atom. The van der Waals surface area contributed by atoms with Gasteiger partial charge in [-0.05, 0) is 6.92 Å². The highest BCUT2D eigenvalue weighted by atomic mass is 19.1. The van der Waals surface area contributed by atoms with Gasteiger partial charge in [0.1, 0.15) is 12.7 Å². The lowest BCUT2D eigenvalue weighted by Crippen LogP contribution is -1.94. The van der Waals surface area contributed by atoms with Gasteiger partial charge in [-0.1, -0.05) is 0 Å². The summed E-state index contributed by atoms with van der Waals surface area (Å²) in [6.07, 6.45) is 1.45. The fourth-order valence-electron chi connectivity index (χ4n) is 0.454. The van der Waals surface area contributed by atoms with E-state index in [2.05, 4.69) is 15.0 Å². The van der Waals surface area contributed by atoms with E-state index in [1.54, 1.807) is 0 Å². The molecule has 0 N–H and O–H groups in total. The second-order valence-corrected chi connectivity index (χ2v) is 1.61. The first-order valence-corrected chi connectivity index (χ1v) is 2.56. The zero-order valence-corrected chi connectivity index (χ0v) is 4.95. The van der Waals surface area contributed by atoms with Crippen LogP contribution >= 0.6 is 0 Å². The van der Waals surface area contributed by atoms with Crippen LogP contribution in [0.4, 0.5) is 4.39 Å². The van der Waals surface area contributed by atoms with Crippen molar-refractivity contribution in [1.29, 1.82) is 0 Å². The Labute approximate surface area is 52.0 Å². The molecule has 1 atom stereocenters. The monoisotopic (exact) mass is 127 g/mol. The van der Waals surface area contributed by atoms with Gasteiger partial charge in [0.2, 0.25) is 0 Å². The van der Waals surface area contributed by atoms with Crippen molar-refractivity contribution in [2.75, 3.05) is 0 Å². The van der Waals surface area contributed by atoms with Gasteiger partial charge in [0.05, 0.1) is 0 Å². The maximum Gasteiger partial charge on any atom is 0.165 e.